The quantitative estimate of drug-likeness (QED) is 0.915. The van der Waals surface area contributed by atoms with E-state index in [2.05, 4.69) is 10.3 Å². The first kappa shape index (κ1) is 15.7. The molecule has 2 N–H and O–H groups in total. The lowest BCUT2D eigenvalue weighted by atomic mass is 9.87. The SMILES string of the molecule is Cc1ncn(-c2ccc(NC(=O)C3CCC(O)CC3)cc2)c1C. The van der Waals surface area contributed by atoms with Crippen molar-refractivity contribution < 1.29 is 9.90 Å². The summed E-state index contributed by atoms with van der Waals surface area (Å²) in [5.74, 6) is 0.0657. The van der Waals surface area contributed by atoms with Crippen molar-refractivity contribution >= 4 is 11.6 Å². The number of benzene rings is 1. The van der Waals surface area contributed by atoms with E-state index in [4.69, 9.17) is 0 Å². The van der Waals surface area contributed by atoms with E-state index in [0.29, 0.717) is 0 Å². The molecule has 0 spiro atoms. The van der Waals surface area contributed by atoms with Crippen LogP contribution in [0.2, 0.25) is 0 Å². The molecule has 1 heterocycles. The highest BCUT2D eigenvalue weighted by atomic mass is 16.3. The Hall–Kier alpha value is -2.14. The van der Waals surface area contributed by atoms with Crippen LogP contribution in [0.3, 0.4) is 0 Å². The third-order valence-corrected chi connectivity index (χ3v) is 4.73. The number of hydrogen-bond donors (Lipinski definition) is 2. The molecule has 0 atom stereocenters. The van der Waals surface area contributed by atoms with Crippen LogP contribution in [0.5, 0.6) is 0 Å². The number of hydrogen-bond acceptors (Lipinski definition) is 3. The molecule has 2 aromatic rings. The summed E-state index contributed by atoms with van der Waals surface area (Å²) in [5.41, 5.74) is 3.96. The molecule has 1 aliphatic rings. The van der Waals surface area contributed by atoms with Crippen molar-refractivity contribution in [2.45, 2.75) is 45.6 Å². The number of carbonyl (C=O) groups excluding carboxylic acids is 1. The van der Waals surface area contributed by atoms with E-state index in [-0.39, 0.29) is 17.9 Å². The van der Waals surface area contributed by atoms with Crippen molar-refractivity contribution in [3.05, 3.63) is 42.0 Å². The summed E-state index contributed by atoms with van der Waals surface area (Å²) in [6.07, 6.45) is 4.54. The molecule has 1 aromatic heterocycles. The molecule has 1 fully saturated rings. The van der Waals surface area contributed by atoms with Crippen molar-refractivity contribution in [2.75, 3.05) is 5.32 Å². The molecular weight excluding hydrogens is 290 g/mol. The van der Waals surface area contributed by atoms with Crippen molar-refractivity contribution in [1.82, 2.24) is 9.55 Å². The number of aromatic nitrogens is 2. The van der Waals surface area contributed by atoms with Gasteiger partial charge < -0.3 is 15.0 Å². The zero-order valence-electron chi connectivity index (χ0n) is 13.6. The Labute approximate surface area is 136 Å². The summed E-state index contributed by atoms with van der Waals surface area (Å²) < 4.78 is 2.03. The summed E-state index contributed by atoms with van der Waals surface area (Å²) in [4.78, 5) is 16.6. The Morgan fingerprint density at radius 2 is 1.83 bits per heavy atom. The van der Waals surface area contributed by atoms with E-state index < -0.39 is 0 Å². The molecule has 1 amide bonds. The number of imidazole rings is 1. The molecule has 0 unspecified atom stereocenters. The van der Waals surface area contributed by atoms with Crippen molar-refractivity contribution in [3.63, 3.8) is 0 Å². The summed E-state index contributed by atoms with van der Waals surface area (Å²) in [7, 11) is 0. The number of aliphatic hydroxyl groups is 1. The molecule has 0 aliphatic heterocycles. The molecule has 3 rings (SSSR count). The Balaban J connectivity index is 1.66. The number of nitrogens with zero attached hydrogens (tertiary/aromatic N) is 2. The number of rotatable bonds is 3. The van der Waals surface area contributed by atoms with Crippen LogP contribution in [-0.4, -0.2) is 26.7 Å². The summed E-state index contributed by atoms with van der Waals surface area (Å²) in [6.45, 7) is 4.02. The third kappa shape index (κ3) is 3.45. The van der Waals surface area contributed by atoms with Gasteiger partial charge in [-0.3, -0.25) is 4.79 Å². The van der Waals surface area contributed by atoms with Gasteiger partial charge in [0, 0.05) is 23.0 Å². The van der Waals surface area contributed by atoms with Crippen LogP contribution >= 0.6 is 0 Å². The first-order chi connectivity index (χ1) is 11.0. The molecule has 1 aromatic carbocycles. The Bertz CT molecular complexity index is 683. The van der Waals surface area contributed by atoms with Crippen LogP contribution in [0, 0.1) is 19.8 Å². The largest absolute Gasteiger partial charge is 0.393 e. The monoisotopic (exact) mass is 313 g/mol. The molecule has 23 heavy (non-hydrogen) atoms. The average molecular weight is 313 g/mol. The van der Waals surface area contributed by atoms with E-state index >= 15 is 0 Å². The average Bonchev–Trinajstić information content (AvgIpc) is 2.88. The highest BCUT2D eigenvalue weighted by molar-refractivity contribution is 5.92. The van der Waals surface area contributed by atoms with Gasteiger partial charge in [0.1, 0.15) is 0 Å². The van der Waals surface area contributed by atoms with Crippen molar-refractivity contribution in [1.29, 1.82) is 0 Å². The fraction of sp³-hybridized carbons (Fsp3) is 0.444. The normalized spacial score (nSPS) is 21.2. The topological polar surface area (TPSA) is 67.2 Å². The third-order valence-electron chi connectivity index (χ3n) is 4.73. The van der Waals surface area contributed by atoms with E-state index in [1.54, 1.807) is 0 Å². The molecular formula is C18H23N3O2. The lowest BCUT2D eigenvalue weighted by Gasteiger charge is -2.24. The van der Waals surface area contributed by atoms with Crippen LogP contribution in [0.1, 0.15) is 37.1 Å². The Kier molecular flexibility index (Phi) is 4.48. The first-order valence-electron chi connectivity index (χ1n) is 8.14. The maximum Gasteiger partial charge on any atom is 0.227 e. The van der Waals surface area contributed by atoms with E-state index in [0.717, 1.165) is 48.4 Å². The molecule has 5 heteroatoms. The molecule has 0 bridgehead atoms. The summed E-state index contributed by atoms with van der Waals surface area (Å²) in [6, 6.07) is 7.79. The van der Waals surface area contributed by atoms with Crippen LogP contribution < -0.4 is 5.32 Å². The zero-order chi connectivity index (χ0) is 16.4. The lowest BCUT2D eigenvalue weighted by molar-refractivity contribution is -0.121. The molecule has 0 saturated heterocycles. The highest BCUT2D eigenvalue weighted by Crippen LogP contribution is 2.25. The van der Waals surface area contributed by atoms with Gasteiger partial charge in [-0.05, 0) is 63.8 Å². The van der Waals surface area contributed by atoms with Crippen LogP contribution in [0.25, 0.3) is 5.69 Å². The number of carbonyl (C=O) groups is 1. The fourth-order valence-corrected chi connectivity index (χ4v) is 3.05. The van der Waals surface area contributed by atoms with Gasteiger partial charge in [0.25, 0.3) is 0 Å². The predicted octanol–water partition coefficient (Wildman–Crippen LogP) is 2.98. The van der Waals surface area contributed by atoms with Gasteiger partial charge in [0.05, 0.1) is 18.1 Å². The second-order valence-corrected chi connectivity index (χ2v) is 6.33. The lowest BCUT2D eigenvalue weighted by Crippen LogP contribution is -2.28. The van der Waals surface area contributed by atoms with Crippen LogP contribution in [-0.2, 0) is 4.79 Å². The van der Waals surface area contributed by atoms with Gasteiger partial charge in [-0.2, -0.15) is 0 Å². The molecule has 1 saturated carbocycles. The van der Waals surface area contributed by atoms with Crippen LogP contribution in [0.15, 0.2) is 30.6 Å². The maximum absolute atomic E-state index is 12.3. The van der Waals surface area contributed by atoms with E-state index in [1.807, 2.05) is 49.0 Å². The van der Waals surface area contributed by atoms with Gasteiger partial charge in [-0.1, -0.05) is 0 Å². The second kappa shape index (κ2) is 6.54. The number of nitrogens with one attached hydrogen (secondary N) is 1. The highest BCUT2D eigenvalue weighted by Gasteiger charge is 2.25. The van der Waals surface area contributed by atoms with Gasteiger partial charge in [-0.25, -0.2) is 4.98 Å². The zero-order valence-corrected chi connectivity index (χ0v) is 13.6. The Morgan fingerprint density at radius 3 is 2.39 bits per heavy atom. The van der Waals surface area contributed by atoms with Crippen molar-refractivity contribution in [2.24, 2.45) is 5.92 Å². The van der Waals surface area contributed by atoms with Gasteiger partial charge in [0.15, 0.2) is 0 Å². The smallest absolute Gasteiger partial charge is 0.227 e. The standard InChI is InChI=1S/C18H23N3O2/c1-12-13(2)21(11-19-12)16-7-5-15(6-8-16)20-18(23)14-3-9-17(22)10-4-14/h5-8,11,14,17,22H,3-4,9-10H2,1-2H3,(H,20,23). The van der Waals surface area contributed by atoms with E-state index in [9.17, 15) is 9.90 Å². The molecule has 122 valence electrons. The fourth-order valence-electron chi connectivity index (χ4n) is 3.05. The minimum absolute atomic E-state index is 0.0108. The predicted molar refractivity (Wildman–Crippen MR) is 89.6 cm³/mol. The molecule has 1 aliphatic carbocycles. The number of aliphatic hydroxyl groups excluding tert-OH is 1. The van der Waals surface area contributed by atoms with Crippen LogP contribution in [0.4, 0.5) is 5.69 Å². The summed E-state index contributed by atoms with van der Waals surface area (Å²) >= 11 is 0. The first-order valence-corrected chi connectivity index (χ1v) is 8.14. The van der Waals surface area contributed by atoms with E-state index in [1.165, 1.54) is 0 Å². The minimum Gasteiger partial charge on any atom is -0.393 e. The van der Waals surface area contributed by atoms with Gasteiger partial charge in [0.2, 0.25) is 5.91 Å². The van der Waals surface area contributed by atoms with Crippen molar-refractivity contribution in [3.8, 4) is 5.69 Å². The van der Waals surface area contributed by atoms with Gasteiger partial charge in [-0.15, -0.1) is 0 Å². The number of amides is 1. The molecule has 0 radical (unpaired) electrons. The number of aryl methyl sites for hydroxylation is 1. The Morgan fingerprint density at radius 1 is 1.17 bits per heavy atom. The molecule has 5 nitrogen and oxygen atoms in total. The second-order valence-electron chi connectivity index (χ2n) is 6.33. The minimum atomic E-state index is -0.236. The summed E-state index contributed by atoms with van der Waals surface area (Å²) in [5, 5.41) is 12.5. The van der Waals surface area contributed by atoms with Gasteiger partial charge >= 0.3 is 0 Å². The number of anilines is 1. The maximum atomic E-state index is 12.3.